The van der Waals surface area contributed by atoms with Crippen LogP contribution >= 0.6 is 0 Å². The summed E-state index contributed by atoms with van der Waals surface area (Å²) in [6, 6.07) is 61.8. The second kappa shape index (κ2) is 39.0. The Balaban J connectivity index is 0.000000175. The van der Waals surface area contributed by atoms with Crippen LogP contribution in [0.4, 0.5) is 0 Å². The Labute approximate surface area is 656 Å². The molecule has 18 rings (SSSR count). The lowest BCUT2D eigenvalue weighted by atomic mass is 9.93. The molecule has 6 aliphatic carbocycles. The number of aromatic nitrogens is 2. The molecule has 2 heteroatoms. The van der Waals surface area contributed by atoms with Gasteiger partial charge in [-0.25, -0.2) is 0 Å². The average molecular weight is 1430 g/mol. The Hall–Kier alpha value is -9.50. The van der Waals surface area contributed by atoms with Crippen molar-refractivity contribution in [2.45, 2.75) is 246 Å². The number of aryl methyl sites for hydroxylation is 6. The van der Waals surface area contributed by atoms with E-state index in [4.69, 9.17) is 9.97 Å². The molecule has 2 nitrogen and oxygen atoms in total. The third-order valence-corrected chi connectivity index (χ3v) is 23.2. The van der Waals surface area contributed by atoms with Crippen molar-refractivity contribution in [3.8, 4) is 66.9 Å². The molecule has 0 aliphatic heterocycles. The van der Waals surface area contributed by atoms with Crippen LogP contribution in [0.25, 0.3) is 66.9 Å². The van der Waals surface area contributed by atoms with Gasteiger partial charge in [-0.1, -0.05) is 253 Å². The van der Waals surface area contributed by atoms with Crippen molar-refractivity contribution in [1.29, 1.82) is 0 Å². The van der Waals surface area contributed by atoms with Gasteiger partial charge in [0.15, 0.2) is 0 Å². The minimum Gasteiger partial charge on any atom is -0.257 e. The lowest BCUT2D eigenvalue weighted by Crippen LogP contribution is -1.97. The predicted molar refractivity (Wildman–Crippen MR) is 477 cm³/mol. The van der Waals surface area contributed by atoms with Crippen molar-refractivity contribution < 1.29 is 0 Å². The summed E-state index contributed by atoms with van der Waals surface area (Å²) < 4.78 is 0. The van der Waals surface area contributed by atoms with E-state index in [1.165, 1.54) is 228 Å². The molecule has 0 bridgehead atoms. The van der Waals surface area contributed by atoms with E-state index < -0.39 is 0 Å². The van der Waals surface area contributed by atoms with Crippen molar-refractivity contribution in [2.75, 3.05) is 0 Å². The number of pyridine rings is 2. The van der Waals surface area contributed by atoms with Crippen LogP contribution in [0.2, 0.25) is 0 Å². The molecule has 10 aromatic carbocycles. The minimum absolute atomic E-state index is 0.994. The zero-order chi connectivity index (χ0) is 79.7. The van der Waals surface area contributed by atoms with Crippen LogP contribution in [-0.4, -0.2) is 9.97 Å². The van der Waals surface area contributed by atoms with E-state index in [0.717, 1.165) is 44.2 Å². The molecule has 0 saturated heterocycles. The van der Waals surface area contributed by atoms with Gasteiger partial charge in [0.05, 0.1) is 11.4 Å². The molecule has 0 radical (unpaired) electrons. The van der Waals surface area contributed by atoms with Gasteiger partial charge in [-0.05, 0) is 351 Å². The van der Waals surface area contributed by atoms with Gasteiger partial charge >= 0.3 is 0 Å². The van der Waals surface area contributed by atoms with Gasteiger partial charge in [-0.15, -0.1) is 0 Å². The van der Waals surface area contributed by atoms with Gasteiger partial charge < -0.3 is 0 Å². The zero-order valence-corrected chi connectivity index (χ0v) is 72.3. The molecule has 0 atom stereocenters. The van der Waals surface area contributed by atoms with Gasteiger partial charge in [0.2, 0.25) is 0 Å². The highest BCUT2D eigenvalue weighted by atomic mass is 14.7. The monoisotopic (exact) mass is 1430 g/mol. The van der Waals surface area contributed by atoms with Crippen molar-refractivity contribution in [3.63, 3.8) is 0 Å². The van der Waals surface area contributed by atoms with E-state index in [9.17, 15) is 0 Å². The third kappa shape index (κ3) is 17.5. The first-order valence-electron chi connectivity index (χ1n) is 40.9. The minimum atomic E-state index is 0.994. The molecule has 0 amide bonds. The topological polar surface area (TPSA) is 25.8 Å². The molecule has 12 aromatic rings. The molecule has 0 saturated carbocycles. The Morgan fingerprint density at radius 1 is 0.194 bits per heavy atom. The second-order valence-corrected chi connectivity index (χ2v) is 28.4. The van der Waals surface area contributed by atoms with E-state index in [2.05, 4.69) is 294 Å². The smallest absolute Gasteiger partial charge is 0.0746 e. The molecule has 2 aromatic heterocycles. The highest BCUT2D eigenvalue weighted by Gasteiger charge is 2.28. The van der Waals surface area contributed by atoms with Crippen LogP contribution in [0.15, 0.2) is 170 Å². The SMILES string of the molecule is CC.CC.CC.CC.CC.CC.Cc1cc2c(c(C)c1C)-c1ccccc1C2.Cc1cc2c(c(C)c1C)-c1ccccc1C2.Cc1cc2c(c(C)c1C)Cc1ccccc1-2.Cc1cc2c(c(C)c1C)Cc1ccccc1-2.Cc1nc2c(c(C)c1C)-c1ccccc1C2.Cc1nc2c(c(C)c1C)Cc1ccccc1-2. The lowest BCUT2D eigenvalue weighted by Gasteiger charge is -2.11. The van der Waals surface area contributed by atoms with Gasteiger partial charge in [-0.2, -0.15) is 0 Å². The van der Waals surface area contributed by atoms with E-state index in [1.54, 1.807) is 0 Å². The quantitative estimate of drug-likeness (QED) is 0.151. The first-order valence-corrected chi connectivity index (χ1v) is 40.9. The predicted octanol–water partition coefficient (Wildman–Crippen LogP) is 30.0. The molecule has 108 heavy (non-hydrogen) atoms. The fraction of sp³-hybridized carbons (Fsp3) is 0.340. The van der Waals surface area contributed by atoms with Crippen LogP contribution in [0.5, 0.6) is 0 Å². The normalized spacial score (nSPS) is 11.4. The highest BCUT2D eigenvalue weighted by molar-refractivity contribution is 5.84. The summed E-state index contributed by atoms with van der Waals surface area (Å²) in [5.41, 5.74) is 59.5. The Kier molecular flexibility index (Phi) is 31.0. The zero-order valence-electron chi connectivity index (χ0n) is 72.3. The maximum absolute atomic E-state index is 4.76. The summed E-state index contributed by atoms with van der Waals surface area (Å²) in [6.07, 6.45) is 6.47. The number of hydrogen-bond donors (Lipinski definition) is 0. The van der Waals surface area contributed by atoms with Crippen molar-refractivity contribution >= 4 is 0 Å². The summed E-state index contributed by atoms with van der Waals surface area (Å²) in [5, 5.41) is 0. The van der Waals surface area contributed by atoms with Crippen LogP contribution in [0.3, 0.4) is 0 Å². The van der Waals surface area contributed by atoms with Gasteiger partial charge in [-0.3, -0.25) is 9.97 Å². The number of nitrogens with zero attached hydrogens (tertiary/aromatic N) is 2. The van der Waals surface area contributed by atoms with Gasteiger partial charge in [0.1, 0.15) is 0 Å². The highest BCUT2D eigenvalue weighted by Crippen LogP contribution is 2.46. The fourth-order valence-electron chi connectivity index (χ4n) is 16.2. The van der Waals surface area contributed by atoms with Crippen LogP contribution in [-0.2, 0) is 38.5 Å². The Morgan fingerprint density at radius 3 is 0.843 bits per heavy atom. The van der Waals surface area contributed by atoms with Crippen LogP contribution < -0.4 is 0 Å². The second-order valence-electron chi connectivity index (χ2n) is 28.4. The standard InChI is InChI=1S/4C16H16.2C15H15N.6C2H6/c2*1-10-8-14-9-13-6-4-5-7-15(13)16(14)12(3)11(10)2;2*1-10-8-16-14-7-5-4-6-13(14)9-15(16)12(3)11(10)2;1-9-10(2)15-13-7-5-4-6-12(13)8-14(15)16-11(9)3;1-9-10(2)14-8-12-6-4-5-7-13(12)15(14)16-11(9)3;6*1-2/h4*4-8H,9H2,1-3H3;2*4-7H,8H2,1-3H3;6*1-2H3. The molecule has 0 unspecified atom stereocenters. The average Bonchev–Trinajstić information content (AvgIpc) is 1.67. The first kappa shape index (κ1) is 85.7. The van der Waals surface area contributed by atoms with Gasteiger partial charge in [0.25, 0.3) is 0 Å². The van der Waals surface area contributed by atoms with Crippen molar-refractivity contribution in [1.82, 2.24) is 9.97 Å². The molecule has 564 valence electrons. The summed E-state index contributed by atoms with van der Waals surface area (Å²) in [4.78, 5) is 9.48. The summed E-state index contributed by atoms with van der Waals surface area (Å²) in [6.45, 7) is 63.8. The molecule has 6 aliphatic rings. The summed E-state index contributed by atoms with van der Waals surface area (Å²) in [5.74, 6) is 0. The molecule has 2 heterocycles. The largest absolute Gasteiger partial charge is 0.257 e. The van der Waals surface area contributed by atoms with E-state index >= 15 is 0 Å². The van der Waals surface area contributed by atoms with Crippen LogP contribution in [0, 0.1) is 125 Å². The van der Waals surface area contributed by atoms with Crippen molar-refractivity contribution in [2.24, 2.45) is 0 Å². The Morgan fingerprint density at radius 2 is 0.454 bits per heavy atom. The molecule has 0 N–H and O–H groups in total. The van der Waals surface area contributed by atoms with Gasteiger partial charge in [0, 0.05) is 35.4 Å². The number of rotatable bonds is 0. The summed E-state index contributed by atoms with van der Waals surface area (Å²) >= 11 is 0. The van der Waals surface area contributed by atoms with Crippen molar-refractivity contribution in [3.05, 3.63) is 337 Å². The van der Waals surface area contributed by atoms with E-state index in [1.807, 2.05) is 83.1 Å². The maximum Gasteiger partial charge on any atom is 0.0746 e. The maximum atomic E-state index is 4.76. The summed E-state index contributed by atoms with van der Waals surface area (Å²) in [7, 11) is 0. The van der Waals surface area contributed by atoms with E-state index in [0.29, 0.717) is 0 Å². The molecular weight excluding hydrogens is 1300 g/mol. The lowest BCUT2D eigenvalue weighted by molar-refractivity contribution is 1.04. The molecule has 0 spiro atoms. The number of fused-ring (bicyclic) bond motifs is 18. The third-order valence-electron chi connectivity index (χ3n) is 23.2. The molecule has 0 fully saturated rings. The Bertz CT molecular complexity index is 4630. The molecular formula is C106H130N2. The number of benzene rings is 10. The number of hydrogen-bond acceptors (Lipinski definition) is 2. The van der Waals surface area contributed by atoms with Crippen LogP contribution in [0.1, 0.15) is 250 Å². The fourth-order valence-corrected chi connectivity index (χ4v) is 16.2. The van der Waals surface area contributed by atoms with E-state index in [-0.39, 0.29) is 0 Å². The first-order chi connectivity index (χ1) is 52.1.